The van der Waals surface area contributed by atoms with E-state index in [0.717, 1.165) is 181 Å². The molecule has 13 nitrogen and oxygen atoms in total. The van der Waals surface area contributed by atoms with E-state index >= 15 is 0 Å². The molecule has 0 radical (unpaired) electrons. The standard InChI is InChI=1S/C36H78N4O9Si4/c1-7-45-50(3,33-9-13-37-17-25-41-26-18-37)47-52(5,35-11-15-39-21-29-43-30-22-39)49-53(6,36-12-16-40-23-31-44-32-24-40)48-51(4,46-8-2)34-10-14-38-19-27-42-28-20-38/h7-36H2,1-6H3. The SMILES string of the molecule is CCO[Si](C)(CCCN1CCOCC1)O[Si](C)(CCCN1CCOCC1)O[Si](C)(CCCN1CCOCC1)O[Si](C)(CCCN1CCOCC1)OCC. The molecule has 4 rings (SSSR count). The second-order valence-electron chi connectivity index (χ2n) is 15.9. The molecule has 4 aliphatic rings. The Bertz CT molecular complexity index is 909. The lowest BCUT2D eigenvalue weighted by Crippen LogP contribution is -2.61. The maximum Gasteiger partial charge on any atom is 0.326 e. The molecule has 4 heterocycles. The normalized spacial score (nSPS) is 25.0. The minimum atomic E-state index is -2.81. The number of morpholine rings is 4. The van der Waals surface area contributed by atoms with Crippen molar-refractivity contribution in [2.45, 2.75) is 89.9 Å². The number of rotatable bonds is 26. The lowest BCUT2D eigenvalue weighted by molar-refractivity contribution is 0.0376. The molecule has 53 heavy (non-hydrogen) atoms. The second kappa shape index (κ2) is 24.3. The highest BCUT2D eigenvalue weighted by molar-refractivity contribution is 6.88. The highest BCUT2D eigenvalue weighted by atomic mass is 28.5. The average Bonchev–Trinajstić information content (AvgIpc) is 3.13. The minimum Gasteiger partial charge on any atom is -0.416 e. The predicted molar refractivity (Wildman–Crippen MR) is 220 cm³/mol. The molecule has 4 unspecified atom stereocenters. The van der Waals surface area contributed by atoms with Crippen LogP contribution in [0.2, 0.25) is 50.4 Å². The number of ether oxygens (including phenoxy) is 4. The Hall–Kier alpha value is 0.348. The lowest BCUT2D eigenvalue weighted by atomic mass is 10.3. The van der Waals surface area contributed by atoms with Crippen molar-refractivity contribution >= 4 is 34.2 Å². The molecule has 0 aromatic rings. The van der Waals surface area contributed by atoms with E-state index in [4.69, 9.17) is 40.1 Å². The van der Waals surface area contributed by atoms with E-state index in [9.17, 15) is 0 Å². The third-order valence-electron chi connectivity index (χ3n) is 11.0. The van der Waals surface area contributed by atoms with Gasteiger partial charge in [0.1, 0.15) is 0 Å². The Kier molecular flexibility index (Phi) is 21.1. The van der Waals surface area contributed by atoms with Crippen molar-refractivity contribution in [1.29, 1.82) is 0 Å². The van der Waals surface area contributed by atoms with Crippen LogP contribution in [0.15, 0.2) is 0 Å². The fourth-order valence-electron chi connectivity index (χ4n) is 8.33. The van der Waals surface area contributed by atoms with Gasteiger partial charge in [-0.25, -0.2) is 0 Å². The molecule has 0 aromatic heterocycles. The summed E-state index contributed by atoms with van der Waals surface area (Å²) >= 11 is 0. The highest BCUT2D eigenvalue weighted by Gasteiger charge is 2.51. The zero-order valence-electron chi connectivity index (χ0n) is 34.7. The molecular weight excluding hydrogens is 745 g/mol. The maximum absolute atomic E-state index is 7.68. The summed E-state index contributed by atoms with van der Waals surface area (Å²) in [5, 5.41) is 0. The third-order valence-corrected chi connectivity index (χ3v) is 28.2. The van der Waals surface area contributed by atoms with Crippen molar-refractivity contribution in [2.75, 3.05) is 145 Å². The summed E-state index contributed by atoms with van der Waals surface area (Å²) in [5.41, 5.74) is 0. The van der Waals surface area contributed by atoms with Gasteiger partial charge in [-0.3, -0.25) is 19.6 Å². The first-order valence-corrected chi connectivity index (χ1v) is 31.2. The topological polar surface area (TPSA) is 96.0 Å². The van der Waals surface area contributed by atoms with Gasteiger partial charge in [0, 0.05) is 65.6 Å². The van der Waals surface area contributed by atoms with Gasteiger partial charge in [-0.1, -0.05) is 0 Å². The minimum absolute atomic E-state index is 0.655. The Balaban J connectivity index is 1.52. The van der Waals surface area contributed by atoms with Crippen LogP contribution in [0.5, 0.6) is 0 Å². The first-order valence-electron chi connectivity index (χ1n) is 21.1. The Morgan fingerprint density at radius 1 is 0.377 bits per heavy atom. The van der Waals surface area contributed by atoms with Gasteiger partial charge in [-0.2, -0.15) is 0 Å². The van der Waals surface area contributed by atoms with Crippen LogP contribution in [0, 0.1) is 0 Å². The summed E-state index contributed by atoms with van der Waals surface area (Å²) in [6.45, 7) is 33.5. The molecular formula is C36H78N4O9Si4. The van der Waals surface area contributed by atoms with Crippen LogP contribution in [-0.2, 0) is 40.1 Å². The summed E-state index contributed by atoms with van der Waals surface area (Å²) in [6, 6.07) is 3.75. The van der Waals surface area contributed by atoms with Crippen LogP contribution in [0.3, 0.4) is 0 Å². The maximum atomic E-state index is 7.68. The molecule has 4 fully saturated rings. The zero-order valence-corrected chi connectivity index (χ0v) is 38.7. The van der Waals surface area contributed by atoms with E-state index < -0.39 is 34.2 Å². The molecule has 0 spiro atoms. The number of hydrogen-bond acceptors (Lipinski definition) is 13. The summed E-state index contributed by atoms with van der Waals surface area (Å²) in [5.74, 6) is 0. The van der Waals surface area contributed by atoms with E-state index in [1.165, 1.54) is 0 Å². The van der Waals surface area contributed by atoms with E-state index in [2.05, 4.69) is 59.6 Å². The molecule has 0 amide bonds. The van der Waals surface area contributed by atoms with Gasteiger partial charge < -0.3 is 40.1 Å². The van der Waals surface area contributed by atoms with Crippen LogP contribution < -0.4 is 0 Å². The lowest BCUT2D eigenvalue weighted by Gasteiger charge is -2.45. The summed E-state index contributed by atoms with van der Waals surface area (Å²) in [4.78, 5) is 10.1. The van der Waals surface area contributed by atoms with Gasteiger partial charge in [0.05, 0.1) is 52.9 Å². The van der Waals surface area contributed by atoms with Gasteiger partial charge in [0.25, 0.3) is 0 Å². The smallest absolute Gasteiger partial charge is 0.326 e. The first-order chi connectivity index (χ1) is 25.6. The van der Waals surface area contributed by atoms with E-state index in [1.807, 2.05) is 0 Å². The molecule has 4 atom stereocenters. The van der Waals surface area contributed by atoms with E-state index in [-0.39, 0.29) is 0 Å². The quantitative estimate of drug-likeness (QED) is 0.116. The molecule has 312 valence electrons. The summed E-state index contributed by atoms with van der Waals surface area (Å²) in [6.07, 6.45) is 4.19. The molecule has 4 aliphatic heterocycles. The van der Waals surface area contributed by atoms with Gasteiger partial charge in [0.2, 0.25) is 0 Å². The van der Waals surface area contributed by atoms with E-state index in [0.29, 0.717) is 13.2 Å². The molecule has 0 saturated carbocycles. The van der Waals surface area contributed by atoms with Crippen LogP contribution in [0.25, 0.3) is 0 Å². The van der Waals surface area contributed by atoms with Crippen molar-refractivity contribution in [2.24, 2.45) is 0 Å². The average molecular weight is 823 g/mol. The fourth-order valence-corrected chi connectivity index (χ4v) is 28.0. The summed E-state index contributed by atoms with van der Waals surface area (Å²) in [7, 11) is -10.8. The number of hydrogen-bond donors (Lipinski definition) is 0. The van der Waals surface area contributed by atoms with Crippen molar-refractivity contribution < 1.29 is 40.1 Å². The molecule has 0 N–H and O–H groups in total. The number of nitrogens with zero attached hydrogens (tertiary/aromatic N) is 4. The van der Waals surface area contributed by atoms with Crippen LogP contribution in [-0.4, -0.2) is 198 Å². The van der Waals surface area contributed by atoms with Gasteiger partial charge >= 0.3 is 34.2 Å². The second-order valence-corrected chi connectivity index (χ2v) is 30.0. The molecule has 4 saturated heterocycles. The van der Waals surface area contributed by atoms with E-state index in [1.54, 1.807) is 0 Å². The van der Waals surface area contributed by atoms with Crippen molar-refractivity contribution in [3.05, 3.63) is 0 Å². The molecule has 17 heteroatoms. The first kappa shape index (κ1) is 46.0. The Morgan fingerprint density at radius 3 is 0.849 bits per heavy atom. The zero-order chi connectivity index (χ0) is 37.9. The molecule has 0 aromatic carbocycles. The Labute approximate surface area is 327 Å². The molecule has 0 aliphatic carbocycles. The van der Waals surface area contributed by atoms with Crippen LogP contribution in [0.1, 0.15) is 39.5 Å². The highest BCUT2D eigenvalue weighted by Crippen LogP contribution is 2.34. The molecule has 0 bridgehead atoms. The largest absolute Gasteiger partial charge is 0.416 e. The third kappa shape index (κ3) is 17.8. The van der Waals surface area contributed by atoms with Gasteiger partial charge in [-0.05, 0) is 116 Å². The Morgan fingerprint density at radius 2 is 0.604 bits per heavy atom. The van der Waals surface area contributed by atoms with Crippen LogP contribution in [0.4, 0.5) is 0 Å². The van der Waals surface area contributed by atoms with Crippen LogP contribution >= 0.6 is 0 Å². The van der Waals surface area contributed by atoms with Crippen molar-refractivity contribution in [3.63, 3.8) is 0 Å². The predicted octanol–water partition coefficient (Wildman–Crippen LogP) is 4.29. The summed E-state index contributed by atoms with van der Waals surface area (Å²) < 4.78 is 58.5. The van der Waals surface area contributed by atoms with Gasteiger partial charge in [0.15, 0.2) is 0 Å². The van der Waals surface area contributed by atoms with Crippen molar-refractivity contribution in [1.82, 2.24) is 19.6 Å². The van der Waals surface area contributed by atoms with Gasteiger partial charge in [-0.15, -0.1) is 0 Å². The fraction of sp³-hybridized carbons (Fsp3) is 1.00. The monoisotopic (exact) mass is 822 g/mol. The van der Waals surface area contributed by atoms with Crippen molar-refractivity contribution in [3.8, 4) is 0 Å².